The first-order valence-electron chi connectivity index (χ1n) is 9.15. The van der Waals surface area contributed by atoms with Crippen LogP contribution in [0.1, 0.15) is 11.1 Å². The molecule has 29 heavy (non-hydrogen) atoms. The van der Waals surface area contributed by atoms with Gasteiger partial charge in [0.25, 0.3) is 0 Å². The van der Waals surface area contributed by atoms with Crippen molar-refractivity contribution < 1.29 is 40.2 Å². The van der Waals surface area contributed by atoms with E-state index in [2.05, 4.69) is 0 Å². The molecule has 0 amide bonds. The molecule has 1 aliphatic rings. The molecule has 6 N–H and O–H groups in total. The molecule has 5 atom stereocenters. The molecule has 1 fully saturated rings. The van der Waals surface area contributed by atoms with Gasteiger partial charge in [-0.2, -0.15) is 5.06 Å². The molecule has 1 heterocycles. The second kappa shape index (κ2) is 9.51. The van der Waals surface area contributed by atoms with Crippen molar-refractivity contribution >= 4 is 0 Å². The van der Waals surface area contributed by atoms with Gasteiger partial charge in [-0.25, -0.2) is 0 Å². The molecule has 158 valence electrons. The van der Waals surface area contributed by atoms with Crippen LogP contribution >= 0.6 is 0 Å². The monoisotopic (exact) mass is 407 g/mol. The highest BCUT2D eigenvalue weighted by molar-refractivity contribution is 5.40. The number of nitrogens with zero attached hydrogens (tertiary/aromatic N) is 1. The summed E-state index contributed by atoms with van der Waals surface area (Å²) in [4.78, 5) is 5.82. The Kier molecular flexibility index (Phi) is 7.04. The number of aromatic hydroxyl groups is 2. The summed E-state index contributed by atoms with van der Waals surface area (Å²) in [6, 6.07) is 13.4. The summed E-state index contributed by atoms with van der Waals surface area (Å²) in [5.74, 6) is -0.599. The van der Waals surface area contributed by atoms with Crippen LogP contribution < -0.4 is 0 Å². The van der Waals surface area contributed by atoms with Crippen LogP contribution in [-0.4, -0.2) is 73.0 Å². The van der Waals surface area contributed by atoms with E-state index in [0.29, 0.717) is 5.56 Å². The molecule has 1 aliphatic heterocycles. The van der Waals surface area contributed by atoms with Crippen LogP contribution in [0.15, 0.2) is 48.5 Å². The van der Waals surface area contributed by atoms with E-state index in [1.807, 2.05) is 30.3 Å². The highest BCUT2D eigenvalue weighted by atomic mass is 16.7. The van der Waals surface area contributed by atoms with E-state index < -0.39 is 37.3 Å². The Balaban J connectivity index is 1.83. The highest BCUT2D eigenvalue weighted by Crippen LogP contribution is 2.29. The molecule has 0 aliphatic carbocycles. The van der Waals surface area contributed by atoms with Crippen molar-refractivity contribution in [2.45, 2.75) is 43.8 Å². The van der Waals surface area contributed by atoms with Crippen molar-refractivity contribution in [2.24, 2.45) is 0 Å². The number of hydrogen-bond donors (Lipinski definition) is 6. The Morgan fingerprint density at radius 2 is 1.59 bits per heavy atom. The summed E-state index contributed by atoms with van der Waals surface area (Å²) in [5.41, 5.74) is 1.38. The molecule has 0 aromatic heterocycles. The normalized spacial score (nSPS) is 27.3. The first-order valence-corrected chi connectivity index (χ1v) is 9.15. The maximum atomic E-state index is 10.4. The molecule has 2 aromatic rings. The third-order valence-corrected chi connectivity index (χ3v) is 4.77. The Morgan fingerprint density at radius 1 is 0.862 bits per heavy atom. The number of hydroxylamine groups is 2. The van der Waals surface area contributed by atoms with Crippen LogP contribution in [0.25, 0.3) is 0 Å². The minimum absolute atomic E-state index is 0.0172. The fourth-order valence-corrected chi connectivity index (χ4v) is 3.11. The van der Waals surface area contributed by atoms with E-state index in [4.69, 9.17) is 9.57 Å². The van der Waals surface area contributed by atoms with E-state index >= 15 is 0 Å². The molecular weight excluding hydrogens is 382 g/mol. The third-order valence-electron chi connectivity index (χ3n) is 4.77. The minimum Gasteiger partial charge on any atom is -0.504 e. The largest absolute Gasteiger partial charge is 0.504 e. The van der Waals surface area contributed by atoms with Crippen LogP contribution in [0.2, 0.25) is 0 Å². The lowest BCUT2D eigenvalue weighted by atomic mass is 9.98. The van der Waals surface area contributed by atoms with E-state index in [-0.39, 0.29) is 24.7 Å². The Labute approximate surface area is 167 Å². The topological polar surface area (TPSA) is 143 Å². The second-order valence-corrected chi connectivity index (χ2v) is 6.88. The SMILES string of the molecule is OC[C@H]1OC(N(Cc2ccc(O)c(O)c2)OCc2ccccc2)[C@H](O)[C@@H](O)[C@@H]1O. The van der Waals surface area contributed by atoms with Gasteiger partial charge in [0.05, 0.1) is 19.8 Å². The van der Waals surface area contributed by atoms with Gasteiger partial charge in [0.15, 0.2) is 17.7 Å². The van der Waals surface area contributed by atoms with Gasteiger partial charge in [0.1, 0.15) is 24.4 Å². The Hall–Kier alpha value is -2.24. The van der Waals surface area contributed by atoms with Gasteiger partial charge in [0, 0.05) is 0 Å². The number of ether oxygens (including phenoxy) is 1. The lowest BCUT2D eigenvalue weighted by molar-refractivity contribution is -0.342. The predicted molar refractivity (Wildman–Crippen MR) is 100 cm³/mol. The van der Waals surface area contributed by atoms with Crippen molar-refractivity contribution in [1.82, 2.24) is 5.06 Å². The van der Waals surface area contributed by atoms with Crippen LogP contribution in [0.4, 0.5) is 0 Å². The second-order valence-electron chi connectivity index (χ2n) is 6.88. The van der Waals surface area contributed by atoms with Gasteiger partial charge in [0.2, 0.25) is 0 Å². The quantitative estimate of drug-likeness (QED) is 0.272. The van der Waals surface area contributed by atoms with Crippen LogP contribution in [-0.2, 0) is 22.7 Å². The number of benzene rings is 2. The van der Waals surface area contributed by atoms with Crippen molar-refractivity contribution in [3.05, 3.63) is 59.7 Å². The van der Waals surface area contributed by atoms with Crippen molar-refractivity contribution in [3.63, 3.8) is 0 Å². The molecule has 9 nitrogen and oxygen atoms in total. The highest BCUT2D eigenvalue weighted by Gasteiger charge is 2.46. The number of rotatable bonds is 7. The third kappa shape index (κ3) is 5.03. The fraction of sp³-hybridized carbons (Fsp3) is 0.400. The van der Waals surface area contributed by atoms with E-state index in [1.165, 1.54) is 17.2 Å². The van der Waals surface area contributed by atoms with Crippen molar-refractivity contribution in [1.29, 1.82) is 0 Å². The van der Waals surface area contributed by atoms with E-state index in [0.717, 1.165) is 5.56 Å². The average molecular weight is 407 g/mol. The molecular formula is C20H25NO8. The maximum absolute atomic E-state index is 10.4. The van der Waals surface area contributed by atoms with Crippen LogP contribution in [0, 0.1) is 0 Å². The first-order chi connectivity index (χ1) is 13.9. The molecule has 0 spiro atoms. The van der Waals surface area contributed by atoms with Gasteiger partial charge in [-0.1, -0.05) is 36.4 Å². The van der Waals surface area contributed by atoms with Gasteiger partial charge >= 0.3 is 0 Å². The smallest absolute Gasteiger partial charge is 0.162 e. The molecule has 0 bridgehead atoms. The molecule has 0 saturated carbocycles. The van der Waals surface area contributed by atoms with Crippen molar-refractivity contribution in [3.8, 4) is 11.5 Å². The zero-order valence-electron chi connectivity index (χ0n) is 15.6. The van der Waals surface area contributed by atoms with Crippen LogP contribution in [0.3, 0.4) is 0 Å². The van der Waals surface area contributed by atoms with Crippen molar-refractivity contribution in [2.75, 3.05) is 6.61 Å². The molecule has 3 rings (SSSR count). The van der Waals surface area contributed by atoms with Crippen LogP contribution in [0.5, 0.6) is 11.5 Å². The summed E-state index contributed by atoms with van der Waals surface area (Å²) in [6.07, 6.45) is -6.85. The van der Waals surface area contributed by atoms with Gasteiger partial charge < -0.3 is 35.4 Å². The standard InChI is InChI=1S/C20H25NO8/c22-10-16-17(25)18(26)19(27)20(29-16)21(28-11-12-4-2-1-3-5-12)9-13-6-7-14(23)15(24)8-13/h1-8,16-20,22-27H,9-11H2/t16-,17-,18+,19-,20?/m1/s1. The maximum Gasteiger partial charge on any atom is 0.162 e. The Morgan fingerprint density at radius 3 is 2.24 bits per heavy atom. The Bertz CT molecular complexity index is 787. The van der Waals surface area contributed by atoms with E-state index in [9.17, 15) is 30.6 Å². The minimum atomic E-state index is -1.55. The molecule has 1 saturated heterocycles. The lowest BCUT2D eigenvalue weighted by Gasteiger charge is -2.43. The lowest BCUT2D eigenvalue weighted by Crippen LogP contribution is -2.62. The zero-order valence-corrected chi connectivity index (χ0v) is 15.6. The summed E-state index contributed by atoms with van der Waals surface area (Å²) < 4.78 is 5.59. The number of phenolic OH excluding ortho intramolecular Hbond substituents is 2. The summed E-state index contributed by atoms with van der Waals surface area (Å²) in [5, 5.41) is 60.5. The summed E-state index contributed by atoms with van der Waals surface area (Å²) in [6.45, 7) is -0.419. The van der Waals surface area contributed by atoms with Gasteiger partial charge in [-0.3, -0.25) is 4.84 Å². The molecule has 2 aromatic carbocycles. The number of aliphatic hydroxyl groups is 4. The van der Waals surface area contributed by atoms with Gasteiger partial charge in [-0.05, 0) is 23.3 Å². The summed E-state index contributed by atoms with van der Waals surface area (Å²) in [7, 11) is 0. The summed E-state index contributed by atoms with van der Waals surface area (Å²) >= 11 is 0. The molecule has 1 unspecified atom stereocenters. The molecule has 9 heteroatoms. The predicted octanol–water partition coefficient (Wildman–Crippen LogP) is -0.169. The fourth-order valence-electron chi connectivity index (χ4n) is 3.11. The number of hydrogen-bond acceptors (Lipinski definition) is 9. The molecule has 0 radical (unpaired) electrons. The number of phenols is 2. The van der Waals surface area contributed by atoms with E-state index in [1.54, 1.807) is 6.07 Å². The van der Waals surface area contributed by atoms with Gasteiger partial charge in [-0.15, -0.1) is 0 Å². The first kappa shape index (κ1) is 21.5. The number of aliphatic hydroxyl groups excluding tert-OH is 4. The zero-order chi connectivity index (χ0) is 21.0. The average Bonchev–Trinajstić information content (AvgIpc) is 2.73.